The van der Waals surface area contributed by atoms with Crippen LogP contribution in [0.15, 0.2) is 12.4 Å². The predicted molar refractivity (Wildman–Crippen MR) is 73.8 cm³/mol. The standard InChI is InChI=1S/C12H20N4O5/c1-3-20-6-7-21-10(2)12(17)13-4-5-15-9-11(8-14-15)16(18)19/h8-10H,3-7H2,1-2H3,(H,13,17). The average molecular weight is 300 g/mol. The van der Waals surface area contributed by atoms with Gasteiger partial charge < -0.3 is 14.8 Å². The van der Waals surface area contributed by atoms with Crippen LogP contribution in [0.5, 0.6) is 0 Å². The quantitative estimate of drug-likeness (QED) is 0.379. The second kappa shape index (κ2) is 9.03. The smallest absolute Gasteiger partial charge is 0.306 e. The Balaban J connectivity index is 2.21. The molecule has 1 amide bonds. The van der Waals surface area contributed by atoms with Crippen LogP contribution >= 0.6 is 0 Å². The highest BCUT2D eigenvalue weighted by atomic mass is 16.6. The maximum Gasteiger partial charge on any atom is 0.306 e. The Bertz CT molecular complexity index is 462. The molecule has 1 aromatic rings. The molecule has 9 heteroatoms. The molecule has 0 aliphatic carbocycles. The number of carbonyl (C=O) groups is 1. The number of hydrogen-bond donors (Lipinski definition) is 1. The number of nitrogens with zero attached hydrogens (tertiary/aromatic N) is 3. The molecule has 0 bridgehead atoms. The van der Waals surface area contributed by atoms with E-state index in [9.17, 15) is 14.9 Å². The van der Waals surface area contributed by atoms with Gasteiger partial charge in [-0.25, -0.2) is 0 Å². The van der Waals surface area contributed by atoms with E-state index in [0.29, 0.717) is 32.9 Å². The van der Waals surface area contributed by atoms with Gasteiger partial charge in [0.1, 0.15) is 18.5 Å². The van der Waals surface area contributed by atoms with Gasteiger partial charge in [-0.2, -0.15) is 5.10 Å². The molecule has 0 spiro atoms. The second-order valence-electron chi connectivity index (χ2n) is 4.22. The van der Waals surface area contributed by atoms with Crippen molar-refractivity contribution in [2.75, 3.05) is 26.4 Å². The van der Waals surface area contributed by atoms with Crippen LogP contribution in [0.1, 0.15) is 13.8 Å². The normalized spacial score (nSPS) is 12.1. The fourth-order valence-electron chi connectivity index (χ4n) is 1.51. The second-order valence-corrected chi connectivity index (χ2v) is 4.22. The largest absolute Gasteiger partial charge is 0.379 e. The number of amides is 1. The van der Waals surface area contributed by atoms with Crippen LogP contribution in [-0.4, -0.2) is 53.1 Å². The summed E-state index contributed by atoms with van der Waals surface area (Å²) < 4.78 is 11.8. The summed E-state index contributed by atoms with van der Waals surface area (Å²) >= 11 is 0. The van der Waals surface area contributed by atoms with E-state index in [1.165, 1.54) is 17.1 Å². The third-order valence-corrected chi connectivity index (χ3v) is 2.64. The van der Waals surface area contributed by atoms with E-state index in [1.54, 1.807) is 6.92 Å². The highest BCUT2D eigenvalue weighted by Crippen LogP contribution is 2.06. The van der Waals surface area contributed by atoms with Gasteiger partial charge in [0, 0.05) is 13.2 Å². The molecule has 9 nitrogen and oxygen atoms in total. The van der Waals surface area contributed by atoms with Crippen molar-refractivity contribution in [3.63, 3.8) is 0 Å². The summed E-state index contributed by atoms with van der Waals surface area (Å²) in [6.45, 7) is 5.62. The summed E-state index contributed by atoms with van der Waals surface area (Å²) in [6, 6.07) is 0. The molecule has 1 unspecified atom stereocenters. The number of hydrogen-bond acceptors (Lipinski definition) is 6. The van der Waals surface area contributed by atoms with Crippen LogP contribution in [0.3, 0.4) is 0 Å². The molecule has 1 N–H and O–H groups in total. The molecule has 0 saturated carbocycles. The van der Waals surface area contributed by atoms with E-state index in [1.807, 2.05) is 6.92 Å². The number of aromatic nitrogens is 2. The topological polar surface area (TPSA) is 109 Å². The minimum absolute atomic E-state index is 0.0750. The summed E-state index contributed by atoms with van der Waals surface area (Å²) in [5, 5.41) is 17.0. The molecule has 1 rings (SSSR count). The Morgan fingerprint density at radius 1 is 1.57 bits per heavy atom. The van der Waals surface area contributed by atoms with Gasteiger partial charge in [0.2, 0.25) is 5.91 Å². The maximum atomic E-state index is 11.7. The maximum absolute atomic E-state index is 11.7. The molecule has 21 heavy (non-hydrogen) atoms. The highest BCUT2D eigenvalue weighted by molar-refractivity contribution is 5.80. The minimum atomic E-state index is -0.572. The lowest BCUT2D eigenvalue weighted by molar-refractivity contribution is -0.385. The van der Waals surface area contributed by atoms with Crippen molar-refractivity contribution < 1.29 is 19.2 Å². The first-order valence-corrected chi connectivity index (χ1v) is 6.68. The van der Waals surface area contributed by atoms with Gasteiger partial charge in [-0.3, -0.25) is 19.6 Å². The van der Waals surface area contributed by atoms with Crippen LogP contribution in [-0.2, 0) is 20.8 Å². The van der Waals surface area contributed by atoms with Crippen molar-refractivity contribution in [1.82, 2.24) is 15.1 Å². The third kappa shape index (κ3) is 6.32. The molecule has 0 radical (unpaired) electrons. The lowest BCUT2D eigenvalue weighted by atomic mass is 10.3. The van der Waals surface area contributed by atoms with E-state index < -0.39 is 11.0 Å². The molecule has 0 aliphatic heterocycles. The monoisotopic (exact) mass is 300 g/mol. The van der Waals surface area contributed by atoms with Gasteiger partial charge in [0.15, 0.2) is 0 Å². The summed E-state index contributed by atoms with van der Waals surface area (Å²) in [5.74, 6) is -0.242. The number of ether oxygens (including phenoxy) is 2. The molecule has 1 atom stereocenters. The van der Waals surface area contributed by atoms with Crippen LogP contribution < -0.4 is 5.32 Å². The first kappa shape index (κ1) is 17.1. The molecule has 1 aromatic heterocycles. The zero-order chi connectivity index (χ0) is 15.7. The van der Waals surface area contributed by atoms with Crippen molar-refractivity contribution in [3.05, 3.63) is 22.5 Å². The van der Waals surface area contributed by atoms with Gasteiger partial charge >= 0.3 is 5.69 Å². The fraction of sp³-hybridized carbons (Fsp3) is 0.667. The SMILES string of the molecule is CCOCCOC(C)C(=O)NCCn1cc([N+](=O)[O-])cn1. The first-order chi connectivity index (χ1) is 10.0. The van der Waals surface area contributed by atoms with Gasteiger partial charge in [-0.1, -0.05) is 0 Å². The summed E-state index contributed by atoms with van der Waals surface area (Å²) in [7, 11) is 0. The number of rotatable bonds is 10. The van der Waals surface area contributed by atoms with Crippen LogP contribution in [0.2, 0.25) is 0 Å². The van der Waals surface area contributed by atoms with E-state index in [-0.39, 0.29) is 11.6 Å². The lowest BCUT2D eigenvalue weighted by Crippen LogP contribution is -2.36. The number of nitrogens with one attached hydrogen (secondary N) is 1. The van der Waals surface area contributed by atoms with Crippen molar-refractivity contribution in [1.29, 1.82) is 0 Å². The molecular weight excluding hydrogens is 280 g/mol. The van der Waals surface area contributed by atoms with E-state index in [0.717, 1.165) is 0 Å². The fourth-order valence-corrected chi connectivity index (χ4v) is 1.51. The van der Waals surface area contributed by atoms with Gasteiger partial charge in [0.25, 0.3) is 0 Å². The summed E-state index contributed by atoms with van der Waals surface area (Å²) in [5.41, 5.74) is -0.0750. The van der Waals surface area contributed by atoms with Gasteiger partial charge in [0.05, 0.1) is 24.7 Å². The predicted octanol–water partition coefficient (Wildman–Crippen LogP) is 0.349. The molecule has 0 aromatic carbocycles. The molecular formula is C12H20N4O5. The van der Waals surface area contributed by atoms with Crippen LogP contribution in [0.25, 0.3) is 0 Å². The molecule has 0 aliphatic rings. The molecule has 0 saturated heterocycles. The third-order valence-electron chi connectivity index (χ3n) is 2.64. The van der Waals surface area contributed by atoms with Crippen molar-refractivity contribution in [3.8, 4) is 0 Å². The Hall–Kier alpha value is -2.00. The Morgan fingerprint density at radius 2 is 2.33 bits per heavy atom. The van der Waals surface area contributed by atoms with Crippen molar-refractivity contribution in [2.45, 2.75) is 26.5 Å². The van der Waals surface area contributed by atoms with Crippen LogP contribution in [0.4, 0.5) is 5.69 Å². The molecule has 118 valence electrons. The average Bonchev–Trinajstić information content (AvgIpc) is 2.92. The lowest BCUT2D eigenvalue weighted by Gasteiger charge is -2.13. The Labute approximate surface area is 122 Å². The van der Waals surface area contributed by atoms with E-state index in [4.69, 9.17) is 9.47 Å². The van der Waals surface area contributed by atoms with Crippen molar-refractivity contribution >= 4 is 11.6 Å². The van der Waals surface area contributed by atoms with E-state index >= 15 is 0 Å². The van der Waals surface area contributed by atoms with Gasteiger partial charge in [-0.05, 0) is 13.8 Å². The first-order valence-electron chi connectivity index (χ1n) is 6.68. The minimum Gasteiger partial charge on any atom is -0.379 e. The molecule has 1 heterocycles. The van der Waals surface area contributed by atoms with Gasteiger partial charge in [-0.15, -0.1) is 0 Å². The zero-order valence-electron chi connectivity index (χ0n) is 12.2. The zero-order valence-corrected chi connectivity index (χ0v) is 12.2. The van der Waals surface area contributed by atoms with Crippen LogP contribution in [0, 0.1) is 10.1 Å². The highest BCUT2D eigenvalue weighted by Gasteiger charge is 2.13. The number of carbonyl (C=O) groups excluding carboxylic acids is 1. The van der Waals surface area contributed by atoms with E-state index in [2.05, 4.69) is 10.4 Å². The summed E-state index contributed by atoms with van der Waals surface area (Å²) in [6.07, 6.45) is 1.91. The number of nitro groups is 1. The Morgan fingerprint density at radius 3 is 2.95 bits per heavy atom. The summed E-state index contributed by atoms with van der Waals surface area (Å²) in [4.78, 5) is 21.7. The van der Waals surface area contributed by atoms with Crippen molar-refractivity contribution in [2.24, 2.45) is 0 Å². The molecule has 0 fully saturated rings. The Kier molecular flexibility index (Phi) is 7.33.